The minimum Gasteiger partial charge on any atom is -0.496 e. The third-order valence-corrected chi connectivity index (χ3v) is 6.03. The molecule has 1 heterocycles. The molecule has 29 heavy (non-hydrogen) atoms. The van der Waals surface area contributed by atoms with Gasteiger partial charge in [-0.15, -0.1) is 0 Å². The highest BCUT2D eigenvalue weighted by molar-refractivity contribution is 5.79. The SMILES string of the molecule is CC[C@@H](NC(=O)C1CCN(Cc2ccc(C)cc2)CC1)c1ccc(OC)c(C)c1. The Morgan fingerprint density at radius 3 is 2.41 bits per heavy atom. The number of rotatable bonds is 7. The second-order valence-corrected chi connectivity index (χ2v) is 8.23. The number of carbonyl (C=O) groups excluding carboxylic acids is 1. The number of likely N-dealkylation sites (tertiary alicyclic amines) is 1. The van der Waals surface area contributed by atoms with Crippen LogP contribution in [0.15, 0.2) is 42.5 Å². The van der Waals surface area contributed by atoms with Crippen molar-refractivity contribution in [1.82, 2.24) is 10.2 Å². The highest BCUT2D eigenvalue weighted by Crippen LogP contribution is 2.26. The van der Waals surface area contributed by atoms with Crippen LogP contribution in [-0.2, 0) is 11.3 Å². The molecule has 1 atom stereocenters. The van der Waals surface area contributed by atoms with Crippen LogP contribution in [0, 0.1) is 19.8 Å². The van der Waals surface area contributed by atoms with Gasteiger partial charge in [0.2, 0.25) is 5.91 Å². The Labute approximate surface area is 175 Å². The largest absolute Gasteiger partial charge is 0.496 e. The van der Waals surface area contributed by atoms with E-state index >= 15 is 0 Å². The summed E-state index contributed by atoms with van der Waals surface area (Å²) in [6, 6.07) is 15.0. The number of piperidine rings is 1. The van der Waals surface area contributed by atoms with Gasteiger partial charge in [-0.3, -0.25) is 9.69 Å². The van der Waals surface area contributed by atoms with Crippen LogP contribution in [0.25, 0.3) is 0 Å². The van der Waals surface area contributed by atoms with Gasteiger partial charge in [0.25, 0.3) is 0 Å². The first-order chi connectivity index (χ1) is 14.0. The van der Waals surface area contributed by atoms with Crippen LogP contribution < -0.4 is 10.1 Å². The summed E-state index contributed by atoms with van der Waals surface area (Å²) in [5.41, 5.74) is 4.89. The highest BCUT2D eigenvalue weighted by Gasteiger charge is 2.26. The molecule has 1 saturated heterocycles. The first-order valence-corrected chi connectivity index (χ1v) is 10.7. The zero-order valence-electron chi connectivity index (χ0n) is 18.2. The lowest BCUT2D eigenvalue weighted by molar-refractivity contribution is -0.127. The third-order valence-electron chi connectivity index (χ3n) is 6.03. The van der Waals surface area contributed by atoms with Gasteiger partial charge in [-0.05, 0) is 69.0 Å². The van der Waals surface area contributed by atoms with Crippen molar-refractivity contribution in [3.8, 4) is 5.75 Å². The van der Waals surface area contributed by atoms with Crippen molar-refractivity contribution in [2.24, 2.45) is 5.92 Å². The molecule has 0 aromatic heterocycles. The normalized spacial score (nSPS) is 16.4. The average Bonchev–Trinajstić information content (AvgIpc) is 2.74. The van der Waals surface area contributed by atoms with E-state index in [1.165, 1.54) is 11.1 Å². The number of nitrogens with one attached hydrogen (secondary N) is 1. The van der Waals surface area contributed by atoms with E-state index in [9.17, 15) is 4.79 Å². The molecule has 2 aromatic rings. The van der Waals surface area contributed by atoms with Gasteiger partial charge in [-0.1, -0.05) is 48.9 Å². The fourth-order valence-electron chi connectivity index (χ4n) is 4.13. The second kappa shape index (κ2) is 9.93. The van der Waals surface area contributed by atoms with Crippen LogP contribution in [-0.4, -0.2) is 31.0 Å². The van der Waals surface area contributed by atoms with Crippen LogP contribution >= 0.6 is 0 Å². The minimum atomic E-state index is 0.0534. The van der Waals surface area contributed by atoms with Crippen LogP contribution in [0.4, 0.5) is 0 Å². The maximum absolute atomic E-state index is 12.9. The highest BCUT2D eigenvalue weighted by atomic mass is 16.5. The van der Waals surface area contributed by atoms with Gasteiger partial charge in [0.15, 0.2) is 0 Å². The lowest BCUT2D eigenvalue weighted by Gasteiger charge is -2.32. The van der Waals surface area contributed by atoms with Crippen molar-refractivity contribution < 1.29 is 9.53 Å². The molecule has 1 aliphatic heterocycles. The lowest BCUT2D eigenvalue weighted by Crippen LogP contribution is -2.41. The Morgan fingerprint density at radius 1 is 1.14 bits per heavy atom. The number of methoxy groups -OCH3 is 1. The monoisotopic (exact) mass is 394 g/mol. The summed E-state index contributed by atoms with van der Waals surface area (Å²) in [5, 5.41) is 3.29. The summed E-state index contributed by atoms with van der Waals surface area (Å²) in [6.07, 6.45) is 2.73. The zero-order chi connectivity index (χ0) is 20.8. The summed E-state index contributed by atoms with van der Waals surface area (Å²) >= 11 is 0. The van der Waals surface area contributed by atoms with Crippen molar-refractivity contribution in [3.05, 3.63) is 64.7 Å². The van der Waals surface area contributed by atoms with Crippen LogP contribution in [0.1, 0.15) is 54.5 Å². The maximum atomic E-state index is 12.9. The van der Waals surface area contributed by atoms with E-state index in [-0.39, 0.29) is 17.9 Å². The van der Waals surface area contributed by atoms with Gasteiger partial charge in [-0.25, -0.2) is 0 Å². The molecule has 1 amide bonds. The summed E-state index contributed by atoms with van der Waals surface area (Å²) in [7, 11) is 1.69. The standard InChI is InChI=1S/C25H34N2O2/c1-5-23(22-10-11-24(29-4)19(3)16-22)26-25(28)21-12-14-27(15-13-21)17-20-8-6-18(2)7-9-20/h6-11,16,21,23H,5,12-15,17H2,1-4H3,(H,26,28)/t23-/m1/s1. The number of amides is 1. The van der Waals surface area contributed by atoms with Crippen LogP contribution in [0.2, 0.25) is 0 Å². The Kier molecular flexibility index (Phi) is 7.32. The van der Waals surface area contributed by atoms with Gasteiger partial charge >= 0.3 is 0 Å². The molecule has 0 saturated carbocycles. The Balaban J connectivity index is 1.53. The predicted octanol–water partition coefficient (Wildman–Crippen LogP) is 4.79. The molecule has 0 radical (unpaired) electrons. The number of hydrogen-bond acceptors (Lipinski definition) is 3. The summed E-state index contributed by atoms with van der Waals surface area (Å²) in [5.74, 6) is 1.19. The quantitative estimate of drug-likeness (QED) is 0.734. The smallest absolute Gasteiger partial charge is 0.223 e. The first-order valence-electron chi connectivity index (χ1n) is 10.7. The summed E-state index contributed by atoms with van der Waals surface area (Å²) in [6.45, 7) is 9.20. The van der Waals surface area contributed by atoms with Crippen LogP contribution in [0.5, 0.6) is 5.75 Å². The molecule has 2 aromatic carbocycles. The number of benzene rings is 2. The average molecular weight is 395 g/mol. The fraction of sp³-hybridized carbons (Fsp3) is 0.480. The molecule has 0 spiro atoms. The summed E-state index contributed by atoms with van der Waals surface area (Å²) in [4.78, 5) is 15.4. The van der Waals surface area contributed by atoms with Gasteiger partial charge < -0.3 is 10.1 Å². The van der Waals surface area contributed by atoms with Gasteiger partial charge in [0.05, 0.1) is 13.2 Å². The Bertz CT molecular complexity index is 808. The molecule has 0 unspecified atom stereocenters. The molecule has 3 rings (SSSR count). The first kappa shape index (κ1) is 21.4. The van der Waals surface area contributed by atoms with Crippen molar-refractivity contribution in [2.45, 2.75) is 52.6 Å². The molecular weight excluding hydrogens is 360 g/mol. The van der Waals surface area contributed by atoms with E-state index in [1.807, 2.05) is 13.0 Å². The van der Waals surface area contributed by atoms with Crippen LogP contribution in [0.3, 0.4) is 0 Å². The molecule has 0 aliphatic carbocycles. The molecule has 0 bridgehead atoms. The number of carbonyl (C=O) groups is 1. The number of ether oxygens (including phenoxy) is 1. The van der Waals surface area contributed by atoms with Crippen molar-refractivity contribution in [1.29, 1.82) is 0 Å². The number of aryl methyl sites for hydroxylation is 2. The fourth-order valence-corrected chi connectivity index (χ4v) is 4.13. The molecule has 1 aliphatic rings. The van der Waals surface area contributed by atoms with Gasteiger partial charge in [0.1, 0.15) is 5.75 Å². The molecule has 4 nitrogen and oxygen atoms in total. The van der Waals surface area contributed by atoms with Crippen molar-refractivity contribution in [3.63, 3.8) is 0 Å². The predicted molar refractivity (Wildman–Crippen MR) is 118 cm³/mol. The van der Waals surface area contributed by atoms with E-state index in [0.29, 0.717) is 0 Å². The topological polar surface area (TPSA) is 41.6 Å². The zero-order valence-corrected chi connectivity index (χ0v) is 18.2. The van der Waals surface area contributed by atoms with E-state index in [1.54, 1.807) is 7.11 Å². The van der Waals surface area contributed by atoms with Gasteiger partial charge in [0, 0.05) is 12.5 Å². The molecule has 1 fully saturated rings. The Hall–Kier alpha value is -2.33. The molecule has 156 valence electrons. The van der Waals surface area contributed by atoms with E-state index in [0.717, 1.165) is 55.8 Å². The molecular formula is C25H34N2O2. The van der Waals surface area contributed by atoms with E-state index in [4.69, 9.17) is 4.74 Å². The van der Waals surface area contributed by atoms with E-state index < -0.39 is 0 Å². The molecule has 1 N–H and O–H groups in total. The third kappa shape index (κ3) is 5.60. The number of hydrogen-bond donors (Lipinski definition) is 1. The second-order valence-electron chi connectivity index (χ2n) is 8.23. The summed E-state index contributed by atoms with van der Waals surface area (Å²) < 4.78 is 5.36. The Morgan fingerprint density at radius 2 is 1.83 bits per heavy atom. The maximum Gasteiger partial charge on any atom is 0.223 e. The number of nitrogens with zero attached hydrogens (tertiary/aromatic N) is 1. The van der Waals surface area contributed by atoms with Crippen molar-refractivity contribution >= 4 is 5.91 Å². The minimum absolute atomic E-state index is 0.0534. The molecule has 4 heteroatoms. The van der Waals surface area contributed by atoms with Crippen molar-refractivity contribution in [2.75, 3.05) is 20.2 Å². The van der Waals surface area contributed by atoms with Gasteiger partial charge in [-0.2, -0.15) is 0 Å². The lowest BCUT2D eigenvalue weighted by atomic mass is 9.94. The van der Waals surface area contributed by atoms with E-state index in [2.05, 4.69) is 60.5 Å².